The maximum atomic E-state index is 13.1. The Kier molecular flexibility index (Phi) is 7.13. The van der Waals surface area contributed by atoms with E-state index in [1.807, 2.05) is 19.9 Å². The van der Waals surface area contributed by atoms with Gasteiger partial charge in [-0.05, 0) is 55.7 Å². The van der Waals surface area contributed by atoms with Gasteiger partial charge in [-0.15, -0.1) is 0 Å². The van der Waals surface area contributed by atoms with Crippen LogP contribution < -0.4 is 19.1 Å². The van der Waals surface area contributed by atoms with Crippen molar-refractivity contribution in [2.75, 3.05) is 30.1 Å². The SMILES string of the molecule is CC[C@H](C(=O)Nc1cc(OC)ccc1OC)N(c1cc(C)cc(C)c1)S(C)(=O)=O. The van der Waals surface area contributed by atoms with Gasteiger partial charge >= 0.3 is 0 Å². The van der Waals surface area contributed by atoms with Gasteiger partial charge in [-0.1, -0.05) is 13.0 Å². The van der Waals surface area contributed by atoms with Gasteiger partial charge < -0.3 is 14.8 Å². The zero-order chi connectivity index (χ0) is 21.8. The average molecular weight is 421 g/mol. The molecule has 0 radical (unpaired) electrons. The van der Waals surface area contributed by atoms with E-state index in [-0.39, 0.29) is 6.42 Å². The first-order valence-corrected chi connectivity index (χ1v) is 11.1. The third-order valence-corrected chi connectivity index (χ3v) is 5.64. The van der Waals surface area contributed by atoms with Gasteiger partial charge in [0.25, 0.3) is 0 Å². The van der Waals surface area contributed by atoms with Crippen LogP contribution >= 0.6 is 0 Å². The van der Waals surface area contributed by atoms with E-state index in [0.29, 0.717) is 22.9 Å². The van der Waals surface area contributed by atoms with Crippen LogP contribution in [-0.4, -0.2) is 40.8 Å². The van der Waals surface area contributed by atoms with Gasteiger partial charge in [0.1, 0.15) is 17.5 Å². The molecule has 158 valence electrons. The largest absolute Gasteiger partial charge is 0.497 e. The summed E-state index contributed by atoms with van der Waals surface area (Å²) in [6.45, 7) is 5.55. The van der Waals surface area contributed by atoms with Crippen molar-refractivity contribution >= 4 is 27.3 Å². The average Bonchev–Trinajstić information content (AvgIpc) is 2.63. The highest BCUT2D eigenvalue weighted by molar-refractivity contribution is 7.92. The lowest BCUT2D eigenvalue weighted by Gasteiger charge is -2.30. The number of amides is 1. The number of carbonyl (C=O) groups is 1. The molecule has 0 aliphatic carbocycles. The second-order valence-electron chi connectivity index (χ2n) is 6.88. The van der Waals surface area contributed by atoms with Gasteiger partial charge in [0, 0.05) is 6.07 Å². The monoisotopic (exact) mass is 420 g/mol. The summed E-state index contributed by atoms with van der Waals surface area (Å²) in [7, 11) is -0.697. The number of ether oxygens (including phenoxy) is 2. The molecule has 0 saturated carbocycles. The molecule has 0 bridgehead atoms. The minimum absolute atomic E-state index is 0.290. The lowest BCUT2D eigenvalue weighted by Crippen LogP contribution is -2.47. The number of hydrogen-bond acceptors (Lipinski definition) is 5. The Bertz CT molecular complexity index is 968. The van der Waals surface area contributed by atoms with Gasteiger partial charge in [-0.2, -0.15) is 0 Å². The maximum absolute atomic E-state index is 13.1. The number of rotatable bonds is 8. The van der Waals surface area contributed by atoms with E-state index < -0.39 is 22.0 Å². The minimum atomic E-state index is -3.71. The normalized spacial score (nSPS) is 12.2. The van der Waals surface area contributed by atoms with E-state index >= 15 is 0 Å². The van der Waals surface area contributed by atoms with Crippen molar-refractivity contribution < 1.29 is 22.7 Å². The topological polar surface area (TPSA) is 84.9 Å². The number of anilines is 2. The molecule has 0 aromatic heterocycles. The molecule has 1 atom stereocenters. The highest BCUT2D eigenvalue weighted by Gasteiger charge is 2.32. The smallest absolute Gasteiger partial charge is 0.248 e. The summed E-state index contributed by atoms with van der Waals surface area (Å²) >= 11 is 0. The molecule has 0 aliphatic rings. The number of hydrogen-bond donors (Lipinski definition) is 1. The molecule has 1 N–H and O–H groups in total. The van der Waals surface area contributed by atoms with Crippen molar-refractivity contribution in [1.29, 1.82) is 0 Å². The fraction of sp³-hybridized carbons (Fsp3) is 0.381. The molecule has 0 spiro atoms. The minimum Gasteiger partial charge on any atom is -0.497 e. The van der Waals surface area contributed by atoms with E-state index in [4.69, 9.17) is 9.47 Å². The summed E-state index contributed by atoms with van der Waals surface area (Å²) in [4.78, 5) is 13.1. The lowest BCUT2D eigenvalue weighted by atomic mass is 10.1. The van der Waals surface area contributed by atoms with Gasteiger partial charge in [-0.25, -0.2) is 8.42 Å². The van der Waals surface area contributed by atoms with Crippen molar-refractivity contribution in [2.45, 2.75) is 33.2 Å². The predicted octanol–water partition coefficient (Wildman–Crippen LogP) is 3.50. The summed E-state index contributed by atoms with van der Waals surface area (Å²) in [5, 5.41) is 2.79. The number of methoxy groups -OCH3 is 2. The number of aryl methyl sites for hydroxylation is 2. The molecule has 0 saturated heterocycles. The van der Waals surface area contributed by atoms with Crippen molar-refractivity contribution in [3.05, 3.63) is 47.5 Å². The zero-order valence-corrected chi connectivity index (χ0v) is 18.5. The summed E-state index contributed by atoms with van der Waals surface area (Å²) in [5.41, 5.74) is 2.70. The van der Waals surface area contributed by atoms with Crippen LogP contribution in [0, 0.1) is 13.8 Å². The van der Waals surface area contributed by atoms with Gasteiger partial charge in [0.2, 0.25) is 15.9 Å². The maximum Gasteiger partial charge on any atom is 0.248 e. The van der Waals surface area contributed by atoms with Crippen LogP contribution in [0.4, 0.5) is 11.4 Å². The van der Waals surface area contributed by atoms with E-state index in [2.05, 4.69) is 5.32 Å². The number of nitrogens with zero attached hydrogens (tertiary/aromatic N) is 1. The third kappa shape index (κ3) is 5.41. The second-order valence-corrected chi connectivity index (χ2v) is 8.74. The van der Waals surface area contributed by atoms with Gasteiger partial charge in [0.05, 0.1) is 31.9 Å². The quantitative estimate of drug-likeness (QED) is 0.706. The summed E-state index contributed by atoms with van der Waals surface area (Å²) in [5.74, 6) is 0.540. The van der Waals surface area contributed by atoms with Gasteiger partial charge in [0.15, 0.2) is 0 Å². The molecule has 29 heavy (non-hydrogen) atoms. The Morgan fingerprint density at radius 2 is 1.69 bits per heavy atom. The first-order chi connectivity index (χ1) is 13.6. The first-order valence-electron chi connectivity index (χ1n) is 9.21. The summed E-state index contributed by atoms with van der Waals surface area (Å²) in [6.07, 6.45) is 1.39. The Morgan fingerprint density at radius 3 is 2.17 bits per heavy atom. The molecule has 0 aliphatic heterocycles. The van der Waals surface area contributed by atoms with Crippen LogP contribution in [0.5, 0.6) is 11.5 Å². The molecule has 0 heterocycles. The van der Waals surface area contributed by atoms with E-state index in [9.17, 15) is 13.2 Å². The fourth-order valence-corrected chi connectivity index (χ4v) is 4.46. The van der Waals surface area contributed by atoms with Crippen LogP contribution in [-0.2, 0) is 14.8 Å². The van der Waals surface area contributed by atoms with E-state index in [1.54, 1.807) is 37.3 Å². The standard InChI is InChI=1S/C21H28N2O5S/c1-7-19(21(24)22-18-13-17(27-4)8-9-20(18)28-5)23(29(6,25)26)16-11-14(2)10-15(3)12-16/h8-13,19H,7H2,1-6H3,(H,22,24)/t19-/m1/s1. The lowest BCUT2D eigenvalue weighted by molar-refractivity contribution is -0.117. The van der Waals surface area contributed by atoms with Crippen LogP contribution in [0.2, 0.25) is 0 Å². The Morgan fingerprint density at radius 1 is 1.07 bits per heavy atom. The van der Waals surface area contributed by atoms with Crippen molar-refractivity contribution in [1.82, 2.24) is 0 Å². The van der Waals surface area contributed by atoms with Crippen molar-refractivity contribution in [3.63, 3.8) is 0 Å². The number of benzene rings is 2. The Labute approximate surface area is 172 Å². The van der Waals surface area contributed by atoms with Crippen molar-refractivity contribution in [2.24, 2.45) is 0 Å². The van der Waals surface area contributed by atoms with Crippen LogP contribution in [0.3, 0.4) is 0 Å². The van der Waals surface area contributed by atoms with Crippen LogP contribution in [0.1, 0.15) is 24.5 Å². The van der Waals surface area contributed by atoms with Crippen molar-refractivity contribution in [3.8, 4) is 11.5 Å². The van der Waals surface area contributed by atoms with E-state index in [1.165, 1.54) is 18.5 Å². The zero-order valence-electron chi connectivity index (χ0n) is 17.6. The molecule has 2 rings (SSSR count). The Hall–Kier alpha value is -2.74. The molecule has 2 aromatic rings. The number of nitrogens with one attached hydrogen (secondary N) is 1. The first kappa shape index (κ1) is 22.5. The molecule has 2 aromatic carbocycles. The molecule has 8 heteroatoms. The molecule has 7 nitrogen and oxygen atoms in total. The van der Waals surface area contributed by atoms with E-state index in [0.717, 1.165) is 17.4 Å². The highest BCUT2D eigenvalue weighted by Crippen LogP contribution is 2.30. The number of carbonyl (C=O) groups excluding carboxylic acids is 1. The van der Waals surface area contributed by atoms with Gasteiger partial charge in [-0.3, -0.25) is 9.10 Å². The second kappa shape index (κ2) is 9.17. The number of sulfonamides is 1. The molecule has 0 unspecified atom stereocenters. The summed E-state index contributed by atoms with van der Waals surface area (Å²) < 4.78 is 37.0. The van der Waals surface area contributed by atoms with Crippen LogP contribution in [0.25, 0.3) is 0 Å². The summed E-state index contributed by atoms with van der Waals surface area (Å²) in [6, 6.07) is 9.56. The fourth-order valence-electron chi connectivity index (χ4n) is 3.27. The third-order valence-electron chi connectivity index (χ3n) is 4.46. The molecule has 0 fully saturated rings. The molecular weight excluding hydrogens is 392 g/mol. The van der Waals surface area contributed by atoms with Crippen LogP contribution in [0.15, 0.2) is 36.4 Å². The Balaban J connectivity index is 2.47. The highest BCUT2D eigenvalue weighted by atomic mass is 32.2. The molecular formula is C21H28N2O5S. The molecule has 1 amide bonds. The predicted molar refractivity (Wildman–Crippen MR) is 115 cm³/mol.